The van der Waals surface area contributed by atoms with Crippen LogP contribution in [0.15, 0.2) is 65.1 Å². The zero-order chi connectivity index (χ0) is 15.5. The fraction of sp³-hybridized carbons (Fsp3) is 0.105. The standard InChI is InChI=1S/C19H15BrO2/c1-2-22-19(21)18-16(11-6-12-17(18)20)15-10-5-8-13-7-3-4-9-14(13)15/h3-12H,2H2,1H3. The minimum atomic E-state index is -0.307. The van der Waals surface area contributed by atoms with Gasteiger partial charge in [0.1, 0.15) is 0 Å². The highest BCUT2D eigenvalue weighted by Gasteiger charge is 2.18. The Kier molecular flexibility index (Phi) is 4.25. The van der Waals surface area contributed by atoms with Crippen molar-refractivity contribution in [3.05, 3.63) is 70.7 Å². The molecule has 0 saturated carbocycles. The summed E-state index contributed by atoms with van der Waals surface area (Å²) in [5.41, 5.74) is 2.48. The number of carbonyl (C=O) groups is 1. The molecule has 0 radical (unpaired) electrons. The van der Waals surface area contributed by atoms with Crippen molar-refractivity contribution in [2.75, 3.05) is 6.61 Å². The molecule has 0 aliphatic rings. The molecule has 0 aliphatic carbocycles. The fourth-order valence-corrected chi connectivity index (χ4v) is 3.15. The molecular weight excluding hydrogens is 340 g/mol. The summed E-state index contributed by atoms with van der Waals surface area (Å²) in [6, 6.07) is 20.0. The molecular formula is C19H15BrO2. The van der Waals surface area contributed by atoms with Crippen molar-refractivity contribution < 1.29 is 9.53 Å². The Morgan fingerprint density at radius 3 is 2.45 bits per heavy atom. The van der Waals surface area contributed by atoms with Crippen LogP contribution >= 0.6 is 15.9 Å². The van der Waals surface area contributed by atoms with E-state index in [4.69, 9.17) is 4.74 Å². The third-order valence-corrected chi connectivity index (χ3v) is 4.23. The Hall–Kier alpha value is -2.13. The van der Waals surface area contributed by atoms with Crippen LogP contribution in [-0.2, 0) is 4.74 Å². The quantitative estimate of drug-likeness (QED) is 0.585. The zero-order valence-electron chi connectivity index (χ0n) is 12.2. The molecule has 0 bridgehead atoms. The lowest BCUT2D eigenvalue weighted by atomic mass is 9.94. The second-order valence-corrected chi connectivity index (χ2v) is 5.76. The number of benzene rings is 3. The van der Waals surface area contributed by atoms with Gasteiger partial charge in [0.2, 0.25) is 0 Å². The number of halogens is 1. The Morgan fingerprint density at radius 2 is 1.64 bits per heavy atom. The van der Waals surface area contributed by atoms with Gasteiger partial charge in [0.25, 0.3) is 0 Å². The molecule has 0 aliphatic heterocycles. The number of hydrogen-bond donors (Lipinski definition) is 0. The van der Waals surface area contributed by atoms with Gasteiger partial charge in [-0.05, 0) is 50.8 Å². The highest BCUT2D eigenvalue weighted by Crippen LogP contribution is 2.34. The highest BCUT2D eigenvalue weighted by molar-refractivity contribution is 9.10. The van der Waals surface area contributed by atoms with Crippen LogP contribution in [0.25, 0.3) is 21.9 Å². The first-order valence-electron chi connectivity index (χ1n) is 7.16. The molecule has 22 heavy (non-hydrogen) atoms. The minimum absolute atomic E-state index is 0.307. The lowest BCUT2D eigenvalue weighted by molar-refractivity contribution is 0.0526. The number of ether oxygens (including phenoxy) is 1. The van der Waals surface area contributed by atoms with E-state index in [2.05, 4.69) is 34.1 Å². The average Bonchev–Trinajstić information content (AvgIpc) is 2.54. The maximum atomic E-state index is 12.3. The summed E-state index contributed by atoms with van der Waals surface area (Å²) >= 11 is 3.48. The van der Waals surface area contributed by atoms with Crippen molar-refractivity contribution in [1.29, 1.82) is 0 Å². The Balaban J connectivity index is 2.27. The number of carbonyl (C=O) groups excluding carboxylic acids is 1. The van der Waals surface area contributed by atoms with Gasteiger partial charge in [-0.15, -0.1) is 0 Å². The van der Waals surface area contributed by atoms with Crippen molar-refractivity contribution in [2.45, 2.75) is 6.92 Å². The average molecular weight is 355 g/mol. The summed E-state index contributed by atoms with van der Waals surface area (Å²) in [6.07, 6.45) is 0. The van der Waals surface area contributed by atoms with Crippen LogP contribution in [-0.4, -0.2) is 12.6 Å². The van der Waals surface area contributed by atoms with Gasteiger partial charge >= 0.3 is 5.97 Å². The topological polar surface area (TPSA) is 26.3 Å². The summed E-state index contributed by atoms with van der Waals surface area (Å²) in [5, 5.41) is 2.27. The minimum Gasteiger partial charge on any atom is -0.462 e. The van der Waals surface area contributed by atoms with Gasteiger partial charge in [0.15, 0.2) is 0 Å². The van der Waals surface area contributed by atoms with E-state index in [1.54, 1.807) is 0 Å². The van der Waals surface area contributed by atoms with Crippen LogP contribution in [0.4, 0.5) is 0 Å². The molecule has 0 atom stereocenters. The number of fused-ring (bicyclic) bond motifs is 1. The van der Waals surface area contributed by atoms with Crippen molar-refractivity contribution in [3.8, 4) is 11.1 Å². The van der Waals surface area contributed by atoms with Crippen LogP contribution < -0.4 is 0 Å². The smallest absolute Gasteiger partial charge is 0.339 e. The van der Waals surface area contributed by atoms with Crippen LogP contribution in [0.2, 0.25) is 0 Å². The predicted octanol–water partition coefficient (Wildman–Crippen LogP) is 5.45. The third kappa shape index (κ3) is 2.64. The van der Waals surface area contributed by atoms with Gasteiger partial charge < -0.3 is 4.74 Å². The summed E-state index contributed by atoms with van der Waals surface area (Å²) in [4.78, 5) is 12.3. The summed E-state index contributed by atoms with van der Waals surface area (Å²) in [7, 11) is 0. The molecule has 110 valence electrons. The van der Waals surface area contributed by atoms with E-state index in [0.29, 0.717) is 12.2 Å². The second-order valence-electron chi connectivity index (χ2n) is 4.91. The van der Waals surface area contributed by atoms with Crippen LogP contribution in [0.1, 0.15) is 17.3 Å². The van der Waals surface area contributed by atoms with E-state index in [1.807, 2.05) is 49.4 Å². The first-order chi connectivity index (χ1) is 10.7. The van der Waals surface area contributed by atoms with Gasteiger partial charge in [0, 0.05) is 4.47 Å². The van der Waals surface area contributed by atoms with Gasteiger partial charge in [-0.1, -0.05) is 54.6 Å². The van der Waals surface area contributed by atoms with Gasteiger partial charge in [0.05, 0.1) is 12.2 Å². The first kappa shape index (κ1) is 14.8. The largest absolute Gasteiger partial charge is 0.462 e. The lowest BCUT2D eigenvalue weighted by Crippen LogP contribution is -2.07. The molecule has 0 saturated heterocycles. The molecule has 3 heteroatoms. The Labute approximate surface area is 137 Å². The molecule has 3 rings (SSSR count). The molecule has 0 spiro atoms. The van der Waals surface area contributed by atoms with Crippen molar-refractivity contribution in [1.82, 2.24) is 0 Å². The number of rotatable bonds is 3. The molecule has 0 amide bonds. The molecule has 0 N–H and O–H groups in total. The maximum absolute atomic E-state index is 12.3. The highest BCUT2D eigenvalue weighted by atomic mass is 79.9. The van der Waals surface area contributed by atoms with E-state index in [0.717, 1.165) is 26.4 Å². The molecule has 0 heterocycles. The Morgan fingerprint density at radius 1 is 0.955 bits per heavy atom. The maximum Gasteiger partial charge on any atom is 0.339 e. The van der Waals surface area contributed by atoms with Crippen LogP contribution in [0.5, 0.6) is 0 Å². The summed E-state index contributed by atoms with van der Waals surface area (Å²) in [5.74, 6) is -0.307. The normalized spacial score (nSPS) is 10.6. The van der Waals surface area contributed by atoms with Gasteiger partial charge in [-0.2, -0.15) is 0 Å². The zero-order valence-corrected chi connectivity index (χ0v) is 13.8. The molecule has 3 aromatic carbocycles. The Bertz CT molecular complexity index is 834. The lowest BCUT2D eigenvalue weighted by Gasteiger charge is -2.13. The third-order valence-electron chi connectivity index (χ3n) is 3.57. The van der Waals surface area contributed by atoms with Crippen LogP contribution in [0.3, 0.4) is 0 Å². The second kappa shape index (κ2) is 6.32. The van der Waals surface area contributed by atoms with E-state index < -0.39 is 0 Å². The van der Waals surface area contributed by atoms with Crippen LogP contribution in [0, 0.1) is 0 Å². The molecule has 0 unspecified atom stereocenters. The predicted molar refractivity (Wildman–Crippen MR) is 93.0 cm³/mol. The monoisotopic (exact) mass is 354 g/mol. The number of esters is 1. The van der Waals surface area contributed by atoms with Gasteiger partial charge in [-0.3, -0.25) is 0 Å². The number of hydrogen-bond acceptors (Lipinski definition) is 2. The molecule has 2 nitrogen and oxygen atoms in total. The molecule has 0 fully saturated rings. The van der Waals surface area contributed by atoms with Crippen molar-refractivity contribution >= 4 is 32.7 Å². The van der Waals surface area contributed by atoms with E-state index in [9.17, 15) is 4.79 Å². The summed E-state index contributed by atoms with van der Waals surface area (Å²) < 4.78 is 5.96. The molecule has 0 aromatic heterocycles. The summed E-state index contributed by atoms with van der Waals surface area (Å²) in [6.45, 7) is 2.17. The van der Waals surface area contributed by atoms with Crippen molar-refractivity contribution in [3.63, 3.8) is 0 Å². The van der Waals surface area contributed by atoms with E-state index >= 15 is 0 Å². The van der Waals surface area contributed by atoms with E-state index in [1.165, 1.54) is 0 Å². The van der Waals surface area contributed by atoms with E-state index in [-0.39, 0.29) is 5.97 Å². The van der Waals surface area contributed by atoms with Crippen molar-refractivity contribution in [2.24, 2.45) is 0 Å². The van der Waals surface area contributed by atoms with Gasteiger partial charge in [-0.25, -0.2) is 4.79 Å². The SMILES string of the molecule is CCOC(=O)c1c(Br)cccc1-c1cccc2ccccc12. The fourth-order valence-electron chi connectivity index (χ4n) is 2.62. The first-order valence-corrected chi connectivity index (χ1v) is 7.95. The molecule has 3 aromatic rings.